The van der Waals surface area contributed by atoms with Gasteiger partial charge in [0.05, 0.1) is 11.1 Å². The molecule has 0 bridgehead atoms. The molecule has 0 saturated carbocycles. The van der Waals surface area contributed by atoms with E-state index in [1.165, 1.54) is 18.1 Å². The first-order valence-electron chi connectivity index (χ1n) is 9.51. The Morgan fingerprint density at radius 3 is 2.44 bits per heavy atom. The van der Waals surface area contributed by atoms with Crippen molar-refractivity contribution in [2.75, 3.05) is 37.6 Å². The summed E-state index contributed by atoms with van der Waals surface area (Å²) < 4.78 is 0. The minimum atomic E-state index is -0.181. The Labute approximate surface area is 160 Å². The van der Waals surface area contributed by atoms with E-state index in [2.05, 4.69) is 34.3 Å². The molecule has 2 amide bonds. The second-order valence-corrected chi connectivity index (χ2v) is 6.69. The number of hydrogen-bond acceptors (Lipinski definition) is 4. The molecule has 0 radical (unpaired) electrons. The summed E-state index contributed by atoms with van der Waals surface area (Å²) in [7, 11) is 0. The second kappa shape index (κ2) is 9.16. The maximum Gasteiger partial charge on any atom is 0.255 e. The predicted octanol–water partition coefficient (Wildman–Crippen LogP) is 2.57. The molecule has 0 aliphatic carbocycles. The maximum atomic E-state index is 12.8. The van der Waals surface area contributed by atoms with E-state index in [-0.39, 0.29) is 11.8 Å². The van der Waals surface area contributed by atoms with Gasteiger partial charge in [-0.2, -0.15) is 0 Å². The van der Waals surface area contributed by atoms with E-state index < -0.39 is 0 Å². The average molecular weight is 366 g/mol. The van der Waals surface area contributed by atoms with Crippen molar-refractivity contribution >= 4 is 17.5 Å². The highest BCUT2D eigenvalue weighted by Gasteiger charge is 2.23. The average Bonchev–Trinajstić information content (AvgIpc) is 2.74. The van der Waals surface area contributed by atoms with Gasteiger partial charge < -0.3 is 15.1 Å². The number of para-hydroxylation sites is 1. The highest BCUT2D eigenvalue weighted by Crippen LogP contribution is 2.17. The van der Waals surface area contributed by atoms with Crippen LogP contribution in [0.25, 0.3) is 0 Å². The normalized spacial score (nSPS) is 14.1. The van der Waals surface area contributed by atoms with Gasteiger partial charge in [-0.3, -0.25) is 14.6 Å². The van der Waals surface area contributed by atoms with Crippen molar-refractivity contribution in [3.05, 3.63) is 59.9 Å². The number of carbonyl (C=O) groups excluding carboxylic acids is 2. The summed E-state index contributed by atoms with van der Waals surface area (Å²) >= 11 is 0. The number of amides is 2. The molecule has 2 heterocycles. The van der Waals surface area contributed by atoms with E-state index in [9.17, 15) is 9.59 Å². The first kappa shape index (κ1) is 18.9. The number of carbonyl (C=O) groups is 2. The molecular weight excluding hydrogens is 340 g/mol. The van der Waals surface area contributed by atoms with Crippen molar-refractivity contribution in [1.82, 2.24) is 15.2 Å². The molecule has 142 valence electrons. The van der Waals surface area contributed by atoms with E-state index in [1.54, 1.807) is 6.07 Å². The van der Waals surface area contributed by atoms with Crippen molar-refractivity contribution in [1.29, 1.82) is 0 Å². The van der Waals surface area contributed by atoms with Gasteiger partial charge in [0.2, 0.25) is 0 Å². The van der Waals surface area contributed by atoms with Gasteiger partial charge in [0, 0.05) is 50.8 Å². The van der Waals surface area contributed by atoms with E-state index in [0.717, 1.165) is 25.9 Å². The first-order chi connectivity index (χ1) is 13.2. The molecule has 0 spiro atoms. The van der Waals surface area contributed by atoms with Crippen molar-refractivity contribution in [3.8, 4) is 0 Å². The van der Waals surface area contributed by atoms with Gasteiger partial charge in [-0.05, 0) is 24.6 Å². The van der Waals surface area contributed by atoms with E-state index in [0.29, 0.717) is 30.8 Å². The standard InChI is InChI=1S/C21H26N4O2/c1-2-3-9-23-20(26)17-14-18(16-22-15-17)21(27)25-12-10-24(11-13-25)19-7-5-4-6-8-19/h4-8,14-16H,2-3,9-13H2,1H3,(H,23,26). The molecular formula is C21H26N4O2. The van der Waals surface area contributed by atoms with E-state index in [4.69, 9.17) is 0 Å². The summed E-state index contributed by atoms with van der Waals surface area (Å²) in [6.07, 6.45) is 5.00. The maximum absolute atomic E-state index is 12.8. The number of anilines is 1. The lowest BCUT2D eigenvalue weighted by atomic mass is 10.1. The molecule has 2 aromatic rings. The van der Waals surface area contributed by atoms with E-state index >= 15 is 0 Å². The first-order valence-corrected chi connectivity index (χ1v) is 9.51. The monoisotopic (exact) mass is 366 g/mol. The molecule has 1 aliphatic rings. The fraction of sp³-hybridized carbons (Fsp3) is 0.381. The summed E-state index contributed by atoms with van der Waals surface area (Å²) in [5.74, 6) is -0.252. The van der Waals surface area contributed by atoms with Gasteiger partial charge in [0.25, 0.3) is 11.8 Å². The number of unbranched alkanes of at least 4 members (excludes halogenated alkanes) is 1. The Bertz CT molecular complexity index is 771. The van der Waals surface area contributed by atoms with Crippen LogP contribution in [0, 0.1) is 0 Å². The number of pyridine rings is 1. The third-order valence-corrected chi connectivity index (χ3v) is 4.75. The van der Waals surface area contributed by atoms with Gasteiger partial charge in [0.15, 0.2) is 0 Å². The highest BCUT2D eigenvalue weighted by atomic mass is 16.2. The van der Waals surface area contributed by atoms with Crippen LogP contribution in [0.15, 0.2) is 48.8 Å². The predicted molar refractivity (Wildman–Crippen MR) is 106 cm³/mol. The molecule has 6 heteroatoms. The number of benzene rings is 1. The number of hydrogen-bond donors (Lipinski definition) is 1. The molecule has 1 fully saturated rings. The molecule has 27 heavy (non-hydrogen) atoms. The van der Waals surface area contributed by atoms with Crippen molar-refractivity contribution in [2.45, 2.75) is 19.8 Å². The summed E-state index contributed by atoms with van der Waals surface area (Å²) in [5, 5.41) is 2.86. The third kappa shape index (κ3) is 4.84. The highest BCUT2D eigenvalue weighted by molar-refractivity contribution is 5.99. The molecule has 1 aliphatic heterocycles. The quantitative estimate of drug-likeness (QED) is 0.798. The molecule has 3 rings (SSSR count). The Kier molecular flexibility index (Phi) is 6.41. The molecule has 1 saturated heterocycles. The topological polar surface area (TPSA) is 65.5 Å². The minimum absolute atomic E-state index is 0.0709. The van der Waals surface area contributed by atoms with Crippen LogP contribution in [0.5, 0.6) is 0 Å². The van der Waals surface area contributed by atoms with Crippen LogP contribution in [0.4, 0.5) is 5.69 Å². The van der Waals surface area contributed by atoms with Crippen molar-refractivity contribution < 1.29 is 9.59 Å². The molecule has 1 N–H and O–H groups in total. The summed E-state index contributed by atoms with van der Waals surface area (Å²) in [6.45, 7) is 5.60. The zero-order chi connectivity index (χ0) is 19.1. The van der Waals surface area contributed by atoms with Crippen molar-refractivity contribution in [2.24, 2.45) is 0 Å². The number of nitrogens with zero attached hydrogens (tertiary/aromatic N) is 3. The fourth-order valence-corrected chi connectivity index (χ4v) is 3.15. The lowest BCUT2D eigenvalue weighted by Crippen LogP contribution is -2.48. The fourth-order valence-electron chi connectivity index (χ4n) is 3.15. The number of piperazine rings is 1. The van der Waals surface area contributed by atoms with Crippen LogP contribution >= 0.6 is 0 Å². The Balaban J connectivity index is 1.60. The van der Waals surface area contributed by atoms with E-state index in [1.807, 2.05) is 23.1 Å². The van der Waals surface area contributed by atoms with Crippen LogP contribution in [0.1, 0.15) is 40.5 Å². The lowest BCUT2D eigenvalue weighted by molar-refractivity contribution is 0.0746. The summed E-state index contributed by atoms with van der Waals surface area (Å²) in [6, 6.07) is 11.9. The number of aromatic nitrogens is 1. The SMILES string of the molecule is CCCCNC(=O)c1cncc(C(=O)N2CCN(c3ccccc3)CC2)c1. The smallest absolute Gasteiger partial charge is 0.255 e. The van der Waals surface area contributed by atoms with Gasteiger partial charge in [-0.15, -0.1) is 0 Å². The molecule has 0 unspecified atom stereocenters. The van der Waals surface area contributed by atoms with Gasteiger partial charge in [-0.25, -0.2) is 0 Å². The molecule has 0 atom stereocenters. The van der Waals surface area contributed by atoms with Crippen LogP contribution in [-0.4, -0.2) is 54.4 Å². The molecule has 6 nitrogen and oxygen atoms in total. The molecule has 1 aromatic carbocycles. The van der Waals surface area contributed by atoms with Crippen LogP contribution in [-0.2, 0) is 0 Å². The van der Waals surface area contributed by atoms with Crippen LogP contribution < -0.4 is 10.2 Å². The Morgan fingerprint density at radius 2 is 1.74 bits per heavy atom. The number of nitrogens with one attached hydrogen (secondary N) is 1. The van der Waals surface area contributed by atoms with Gasteiger partial charge >= 0.3 is 0 Å². The molecule has 1 aromatic heterocycles. The largest absolute Gasteiger partial charge is 0.368 e. The van der Waals surface area contributed by atoms with Crippen molar-refractivity contribution in [3.63, 3.8) is 0 Å². The lowest BCUT2D eigenvalue weighted by Gasteiger charge is -2.36. The third-order valence-electron chi connectivity index (χ3n) is 4.75. The van der Waals surface area contributed by atoms with Gasteiger partial charge in [0.1, 0.15) is 0 Å². The minimum Gasteiger partial charge on any atom is -0.368 e. The van der Waals surface area contributed by atoms with Crippen LogP contribution in [0.3, 0.4) is 0 Å². The summed E-state index contributed by atoms with van der Waals surface area (Å²) in [5.41, 5.74) is 2.07. The zero-order valence-corrected chi connectivity index (χ0v) is 15.7. The zero-order valence-electron chi connectivity index (χ0n) is 15.7. The second-order valence-electron chi connectivity index (χ2n) is 6.69. The van der Waals surface area contributed by atoms with Crippen LogP contribution in [0.2, 0.25) is 0 Å². The Hall–Kier alpha value is -2.89. The summed E-state index contributed by atoms with van der Waals surface area (Å²) in [4.78, 5) is 33.2. The van der Waals surface area contributed by atoms with Gasteiger partial charge in [-0.1, -0.05) is 31.5 Å². The Morgan fingerprint density at radius 1 is 1.04 bits per heavy atom. The number of rotatable bonds is 6.